The highest BCUT2D eigenvalue weighted by Gasteiger charge is 2.24. The van der Waals surface area contributed by atoms with Gasteiger partial charge in [-0.3, -0.25) is 9.59 Å². The standard InChI is InChI=1S/C14H18O4S/c1-9(14(16)17)8-12-4-6-13(7-5-12)19(18)11(3)10(2)15/h4-7,9,11H,8H2,1-3H3,(H,16,17). The number of benzene rings is 1. The van der Waals surface area contributed by atoms with Crippen molar-refractivity contribution >= 4 is 22.9 Å². The number of hydrogen-bond acceptors (Lipinski definition) is 3. The third kappa shape index (κ3) is 4.36. The molecule has 104 valence electrons. The molecule has 1 N–H and O–H groups in total. The third-order valence-electron chi connectivity index (χ3n) is 3.01. The molecule has 3 atom stereocenters. The molecule has 0 radical (unpaired) electrons. The maximum atomic E-state index is 12.0. The van der Waals surface area contributed by atoms with Crippen LogP contribution < -0.4 is 0 Å². The Morgan fingerprint density at radius 1 is 1.26 bits per heavy atom. The van der Waals surface area contributed by atoms with Crippen LogP contribution in [0.4, 0.5) is 0 Å². The first-order valence-corrected chi connectivity index (χ1v) is 7.27. The highest BCUT2D eigenvalue weighted by Crippen LogP contribution is 2.18. The second-order valence-corrected chi connectivity index (χ2v) is 6.41. The van der Waals surface area contributed by atoms with E-state index in [0.717, 1.165) is 5.56 Å². The first-order chi connectivity index (χ1) is 8.82. The van der Waals surface area contributed by atoms with E-state index in [2.05, 4.69) is 0 Å². The number of carboxylic acids is 1. The summed E-state index contributed by atoms with van der Waals surface area (Å²) in [5.74, 6) is -1.40. The van der Waals surface area contributed by atoms with Gasteiger partial charge >= 0.3 is 5.97 Å². The van der Waals surface area contributed by atoms with Gasteiger partial charge in [0.25, 0.3) is 0 Å². The summed E-state index contributed by atoms with van der Waals surface area (Å²) >= 11 is -1.35. The van der Waals surface area contributed by atoms with Crippen LogP contribution in [0.15, 0.2) is 29.2 Å². The van der Waals surface area contributed by atoms with Crippen molar-refractivity contribution in [3.8, 4) is 0 Å². The molecule has 0 aliphatic rings. The average molecular weight is 282 g/mol. The van der Waals surface area contributed by atoms with Gasteiger partial charge in [-0.2, -0.15) is 0 Å². The fourth-order valence-electron chi connectivity index (χ4n) is 1.56. The molecule has 0 spiro atoms. The zero-order valence-corrected chi connectivity index (χ0v) is 12.1. The van der Waals surface area contributed by atoms with E-state index in [4.69, 9.17) is 5.11 Å². The molecule has 1 aromatic carbocycles. The van der Waals surface area contributed by atoms with E-state index >= 15 is 0 Å². The molecular weight excluding hydrogens is 264 g/mol. The van der Waals surface area contributed by atoms with Crippen molar-refractivity contribution in [1.82, 2.24) is 0 Å². The van der Waals surface area contributed by atoms with Gasteiger partial charge in [0.2, 0.25) is 0 Å². The largest absolute Gasteiger partial charge is 0.611 e. The lowest BCUT2D eigenvalue weighted by Gasteiger charge is -2.15. The van der Waals surface area contributed by atoms with E-state index in [0.29, 0.717) is 11.3 Å². The highest BCUT2D eigenvalue weighted by atomic mass is 32.2. The Morgan fingerprint density at radius 3 is 2.21 bits per heavy atom. The van der Waals surface area contributed by atoms with E-state index in [-0.39, 0.29) is 5.78 Å². The van der Waals surface area contributed by atoms with Gasteiger partial charge in [0.05, 0.1) is 5.92 Å². The number of hydrogen-bond donors (Lipinski definition) is 1. The van der Waals surface area contributed by atoms with Crippen molar-refractivity contribution < 1.29 is 19.2 Å². The Balaban J connectivity index is 2.76. The number of carbonyl (C=O) groups excluding carboxylic acids is 1. The van der Waals surface area contributed by atoms with Crippen molar-refractivity contribution in [2.45, 2.75) is 37.3 Å². The molecule has 0 saturated carbocycles. The number of ketones is 1. The fraction of sp³-hybridized carbons (Fsp3) is 0.429. The predicted molar refractivity (Wildman–Crippen MR) is 73.5 cm³/mol. The van der Waals surface area contributed by atoms with Crippen LogP contribution in [0.25, 0.3) is 0 Å². The van der Waals surface area contributed by atoms with Gasteiger partial charge in [0.15, 0.2) is 15.9 Å². The second-order valence-electron chi connectivity index (χ2n) is 4.64. The summed E-state index contributed by atoms with van der Waals surface area (Å²) in [6, 6.07) is 6.91. The Hall–Kier alpha value is -1.33. The first kappa shape index (κ1) is 15.7. The molecule has 0 fully saturated rings. The molecular formula is C14H18O4S. The molecule has 0 heterocycles. The summed E-state index contributed by atoms with van der Waals surface area (Å²) in [4.78, 5) is 22.5. The normalized spacial score (nSPS) is 15.6. The minimum atomic E-state index is -1.35. The molecule has 0 amide bonds. The van der Waals surface area contributed by atoms with Crippen molar-refractivity contribution in [1.29, 1.82) is 0 Å². The Morgan fingerprint density at radius 2 is 1.79 bits per heavy atom. The fourth-order valence-corrected chi connectivity index (χ4v) is 2.67. The zero-order chi connectivity index (χ0) is 14.6. The first-order valence-electron chi connectivity index (χ1n) is 6.05. The van der Waals surface area contributed by atoms with E-state index in [1.807, 2.05) is 0 Å². The summed E-state index contributed by atoms with van der Waals surface area (Å²) in [6.45, 7) is 4.70. The van der Waals surface area contributed by atoms with Crippen LogP contribution >= 0.6 is 0 Å². The lowest BCUT2D eigenvalue weighted by molar-refractivity contribution is -0.141. The molecule has 4 nitrogen and oxygen atoms in total. The number of rotatable bonds is 6. The number of carbonyl (C=O) groups is 2. The second kappa shape index (κ2) is 6.73. The van der Waals surface area contributed by atoms with Gasteiger partial charge in [-0.15, -0.1) is 0 Å². The van der Waals surface area contributed by atoms with E-state index in [9.17, 15) is 14.1 Å². The van der Waals surface area contributed by atoms with Crippen molar-refractivity contribution in [3.05, 3.63) is 29.8 Å². The van der Waals surface area contributed by atoms with Crippen LogP contribution in [0.1, 0.15) is 26.3 Å². The van der Waals surface area contributed by atoms with Gasteiger partial charge in [-0.25, -0.2) is 0 Å². The minimum Gasteiger partial charge on any atom is -0.611 e. The smallest absolute Gasteiger partial charge is 0.306 e. The van der Waals surface area contributed by atoms with Crippen molar-refractivity contribution in [3.63, 3.8) is 0 Å². The Labute approximate surface area is 116 Å². The zero-order valence-electron chi connectivity index (χ0n) is 11.3. The summed E-state index contributed by atoms with van der Waals surface area (Å²) in [5.41, 5.74) is 0.881. The molecule has 5 heteroatoms. The Kier molecular flexibility index (Phi) is 5.57. The third-order valence-corrected chi connectivity index (χ3v) is 4.72. The number of Topliss-reactive ketones (excluding diaryl/α,β-unsaturated/α-hetero) is 1. The average Bonchev–Trinajstić information content (AvgIpc) is 2.37. The molecule has 0 aromatic heterocycles. The van der Waals surface area contributed by atoms with E-state index in [1.54, 1.807) is 38.1 Å². The molecule has 1 aromatic rings. The molecule has 1 rings (SSSR count). The van der Waals surface area contributed by atoms with Crippen molar-refractivity contribution in [2.75, 3.05) is 0 Å². The SMILES string of the molecule is CC(=O)C(C)[S+]([O-])c1ccc(CC(C)C(=O)O)cc1. The van der Waals surface area contributed by atoms with Gasteiger partial charge in [0.1, 0.15) is 0 Å². The lowest BCUT2D eigenvalue weighted by atomic mass is 10.0. The summed E-state index contributed by atoms with van der Waals surface area (Å²) in [7, 11) is 0. The molecule has 0 aliphatic heterocycles. The summed E-state index contributed by atoms with van der Waals surface area (Å²) in [6.07, 6.45) is 0.435. The maximum absolute atomic E-state index is 12.0. The van der Waals surface area contributed by atoms with Gasteiger partial charge in [0, 0.05) is 0 Å². The van der Waals surface area contributed by atoms with Crippen molar-refractivity contribution in [2.24, 2.45) is 5.92 Å². The Bertz CT molecular complexity index is 455. The number of carboxylic acid groups (broad SMARTS) is 1. The van der Waals surface area contributed by atoms with Gasteiger partial charge in [-0.05, 0) is 49.1 Å². The van der Waals surface area contributed by atoms with Crippen LogP contribution in [0.3, 0.4) is 0 Å². The molecule has 19 heavy (non-hydrogen) atoms. The molecule has 0 bridgehead atoms. The quantitative estimate of drug-likeness (QED) is 0.810. The molecule has 0 saturated heterocycles. The van der Waals surface area contributed by atoms with E-state index in [1.165, 1.54) is 6.92 Å². The van der Waals surface area contributed by atoms with Crippen LogP contribution in [0.5, 0.6) is 0 Å². The van der Waals surface area contributed by atoms with Crippen LogP contribution in [0, 0.1) is 5.92 Å². The minimum absolute atomic E-state index is 0.109. The molecule has 3 unspecified atom stereocenters. The van der Waals surface area contributed by atoms with Crippen LogP contribution in [-0.2, 0) is 27.2 Å². The topological polar surface area (TPSA) is 77.4 Å². The lowest BCUT2D eigenvalue weighted by Crippen LogP contribution is -2.25. The highest BCUT2D eigenvalue weighted by molar-refractivity contribution is 7.92. The predicted octanol–water partition coefficient (Wildman–Crippen LogP) is 2.03. The van der Waals surface area contributed by atoms with E-state index < -0.39 is 28.3 Å². The summed E-state index contributed by atoms with van der Waals surface area (Å²) < 4.78 is 12.0. The summed E-state index contributed by atoms with van der Waals surface area (Å²) in [5, 5.41) is 8.31. The van der Waals surface area contributed by atoms with Crippen LogP contribution in [0.2, 0.25) is 0 Å². The van der Waals surface area contributed by atoms with Gasteiger partial charge < -0.3 is 9.66 Å². The van der Waals surface area contributed by atoms with Gasteiger partial charge in [-0.1, -0.05) is 19.1 Å². The molecule has 0 aliphatic carbocycles. The van der Waals surface area contributed by atoms with Crippen LogP contribution in [-0.4, -0.2) is 26.7 Å². The monoisotopic (exact) mass is 282 g/mol. The number of aliphatic carboxylic acids is 1. The maximum Gasteiger partial charge on any atom is 0.306 e.